The monoisotopic (exact) mass is 379 g/mol. The van der Waals surface area contributed by atoms with Gasteiger partial charge in [0.2, 0.25) is 10.0 Å². The second-order valence-corrected chi connectivity index (χ2v) is 8.48. The highest BCUT2D eigenvalue weighted by Crippen LogP contribution is 2.29. The van der Waals surface area contributed by atoms with Crippen molar-refractivity contribution < 1.29 is 8.42 Å². The molecule has 112 valence electrons. The minimum Gasteiger partial charge on any atom is -0.211 e. The zero-order valence-electron chi connectivity index (χ0n) is 11.4. The van der Waals surface area contributed by atoms with E-state index in [-0.39, 0.29) is 4.90 Å². The lowest BCUT2D eigenvalue weighted by Gasteiger charge is -2.28. The van der Waals surface area contributed by atoms with Crippen molar-refractivity contribution in [2.45, 2.75) is 37.5 Å². The van der Waals surface area contributed by atoms with Crippen LogP contribution in [0, 0.1) is 11.8 Å². The van der Waals surface area contributed by atoms with E-state index in [0.29, 0.717) is 27.9 Å². The largest absolute Gasteiger partial charge is 0.240 e. The van der Waals surface area contributed by atoms with E-state index >= 15 is 0 Å². The molecule has 1 aliphatic carbocycles. The summed E-state index contributed by atoms with van der Waals surface area (Å²) in [5, 5.41) is 0.504. The first-order valence-corrected chi connectivity index (χ1v) is 9.50. The van der Waals surface area contributed by atoms with Crippen LogP contribution in [0.1, 0.15) is 32.6 Å². The number of rotatable bonds is 4. The molecule has 2 atom stereocenters. The minimum absolute atomic E-state index is 0.247. The van der Waals surface area contributed by atoms with Crippen LogP contribution in [0.4, 0.5) is 0 Å². The van der Waals surface area contributed by atoms with Crippen LogP contribution < -0.4 is 4.72 Å². The Morgan fingerprint density at radius 3 is 2.70 bits per heavy atom. The van der Waals surface area contributed by atoms with E-state index in [2.05, 4.69) is 27.6 Å². The molecule has 2 rings (SSSR count). The van der Waals surface area contributed by atoms with Gasteiger partial charge in [-0.05, 0) is 52.4 Å². The number of nitrogens with one attached hydrogen (secondary N) is 1. The van der Waals surface area contributed by atoms with Gasteiger partial charge in [0.25, 0.3) is 0 Å². The van der Waals surface area contributed by atoms with Crippen molar-refractivity contribution in [2.75, 3.05) is 6.54 Å². The van der Waals surface area contributed by atoms with Gasteiger partial charge in [-0.15, -0.1) is 0 Å². The average Bonchev–Trinajstić information content (AvgIpc) is 2.41. The Kier molecular flexibility index (Phi) is 5.51. The first-order chi connectivity index (χ1) is 9.40. The van der Waals surface area contributed by atoms with Crippen LogP contribution in [0.5, 0.6) is 0 Å². The molecule has 1 fully saturated rings. The lowest BCUT2D eigenvalue weighted by Crippen LogP contribution is -2.33. The standard InChI is InChI=1S/C14H19BrClNO2S/c1-10-4-2-3-5-11(10)9-17-20(18,19)12-6-7-14(16)13(15)8-12/h6-8,10-11,17H,2-5,9H2,1H3. The molecule has 2 unspecified atom stereocenters. The number of hydrogen-bond acceptors (Lipinski definition) is 2. The van der Waals surface area contributed by atoms with Gasteiger partial charge < -0.3 is 0 Å². The van der Waals surface area contributed by atoms with E-state index in [1.807, 2.05) is 0 Å². The second-order valence-electron chi connectivity index (χ2n) is 5.45. The van der Waals surface area contributed by atoms with Crippen LogP contribution >= 0.6 is 27.5 Å². The molecular weight excluding hydrogens is 362 g/mol. The summed E-state index contributed by atoms with van der Waals surface area (Å²) in [7, 11) is -3.46. The molecule has 0 aliphatic heterocycles. The topological polar surface area (TPSA) is 46.2 Å². The summed E-state index contributed by atoms with van der Waals surface area (Å²) in [6.07, 6.45) is 4.75. The van der Waals surface area contributed by atoms with Gasteiger partial charge >= 0.3 is 0 Å². The Bertz CT molecular complexity index is 577. The quantitative estimate of drug-likeness (QED) is 0.850. The van der Waals surface area contributed by atoms with E-state index in [1.165, 1.54) is 31.4 Å². The SMILES string of the molecule is CC1CCCCC1CNS(=O)(=O)c1ccc(Cl)c(Br)c1. The summed E-state index contributed by atoms with van der Waals surface area (Å²) in [6.45, 7) is 2.72. The van der Waals surface area contributed by atoms with Crippen LogP contribution in [0.15, 0.2) is 27.6 Å². The maximum atomic E-state index is 12.3. The summed E-state index contributed by atoms with van der Waals surface area (Å²) in [6, 6.07) is 4.65. The van der Waals surface area contributed by atoms with Crippen LogP contribution in [-0.4, -0.2) is 15.0 Å². The Hall–Kier alpha value is -0.100. The van der Waals surface area contributed by atoms with Crippen LogP contribution in [0.3, 0.4) is 0 Å². The zero-order valence-corrected chi connectivity index (χ0v) is 14.6. The molecule has 0 bridgehead atoms. The van der Waals surface area contributed by atoms with Crippen molar-refractivity contribution in [2.24, 2.45) is 11.8 Å². The van der Waals surface area contributed by atoms with E-state index < -0.39 is 10.0 Å². The van der Waals surface area contributed by atoms with Crippen molar-refractivity contribution >= 4 is 37.6 Å². The summed E-state index contributed by atoms with van der Waals surface area (Å²) >= 11 is 9.14. The summed E-state index contributed by atoms with van der Waals surface area (Å²) in [4.78, 5) is 0.247. The van der Waals surface area contributed by atoms with Crippen LogP contribution in [0.2, 0.25) is 5.02 Å². The van der Waals surface area contributed by atoms with Gasteiger partial charge in [0.1, 0.15) is 0 Å². The zero-order chi connectivity index (χ0) is 14.8. The fourth-order valence-electron chi connectivity index (χ4n) is 2.64. The van der Waals surface area contributed by atoms with Crippen molar-refractivity contribution in [1.82, 2.24) is 4.72 Å². The van der Waals surface area contributed by atoms with E-state index in [4.69, 9.17) is 11.6 Å². The van der Waals surface area contributed by atoms with Crippen LogP contribution in [0.25, 0.3) is 0 Å². The molecule has 6 heteroatoms. The molecule has 1 N–H and O–H groups in total. The second kappa shape index (κ2) is 6.77. The third-order valence-corrected chi connectivity index (χ3v) is 6.66. The van der Waals surface area contributed by atoms with Gasteiger partial charge in [0, 0.05) is 11.0 Å². The predicted molar refractivity (Wildman–Crippen MR) is 85.5 cm³/mol. The predicted octanol–water partition coefficient (Wildman–Crippen LogP) is 4.21. The van der Waals surface area contributed by atoms with Gasteiger partial charge in [-0.25, -0.2) is 13.1 Å². The van der Waals surface area contributed by atoms with Gasteiger partial charge in [-0.2, -0.15) is 0 Å². The summed E-state index contributed by atoms with van der Waals surface area (Å²) in [5.41, 5.74) is 0. The maximum Gasteiger partial charge on any atom is 0.240 e. The average molecular weight is 381 g/mol. The molecule has 1 aliphatic rings. The van der Waals surface area contributed by atoms with Crippen molar-refractivity contribution in [3.05, 3.63) is 27.7 Å². The smallest absolute Gasteiger partial charge is 0.211 e. The Labute approximate surface area is 134 Å². The number of hydrogen-bond donors (Lipinski definition) is 1. The molecule has 1 aromatic rings. The molecule has 1 saturated carbocycles. The molecule has 0 saturated heterocycles. The molecule has 20 heavy (non-hydrogen) atoms. The number of benzene rings is 1. The maximum absolute atomic E-state index is 12.3. The fraction of sp³-hybridized carbons (Fsp3) is 0.571. The summed E-state index contributed by atoms with van der Waals surface area (Å²) < 4.78 is 27.9. The first kappa shape index (κ1) is 16.3. The normalized spacial score (nSPS) is 23.8. The number of halogens is 2. The van der Waals surface area contributed by atoms with Gasteiger partial charge in [0.15, 0.2) is 0 Å². The van der Waals surface area contributed by atoms with E-state index in [0.717, 1.165) is 6.42 Å². The highest BCUT2D eigenvalue weighted by atomic mass is 79.9. The molecule has 3 nitrogen and oxygen atoms in total. The van der Waals surface area contributed by atoms with E-state index in [1.54, 1.807) is 6.07 Å². The Morgan fingerprint density at radius 2 is 2.05 bits per heavy atom. The van der Waals surface area contributed by atoms with Crippen molar-refractivity contribution in [1.29, 1.82) is 0 Å². The van der Waals surface area contributed by atoms with Crippen molar-refractivity contribution in [3.8, 4) is 0 Å². The van der Waals surface area contributed by atoms with Crippen LogP contribution in [-0.2, 0) is 10.0 Å². The Balaban J connectivity index is 2.05. The lowest BCUT2D eigenvalue weighted by molar-refractivity contribution is 0.257. The molecule has 0 amide bonds. The molecule has 0 spiro atoms. The third kappa shape index (κ3) is 3.97. The minimum atomic E-state index is -3.46. The summed E-state index contributed by atoms with van der Waals surface area (Å²) in [5.74, 6) is 1.03. The first-order valence-electron chi connectivity index (χ1n) is 6.85. The molecule has 1 aromatic carbocycles. The third-order valence-electron chi connectivity index (χ3n) is 4.03. The molecule has 0 heterocycles. The van der Waals surface area contributed by atoms with Crippen molar-refractivity contribution in [3.63, 3.8) is 0 Å². The van der Waals surface area contributed by atoms with Gasteiger partial charge in [-0.1, -0.05) is 37.8 Å². The molecule has 0 aromatic heterocycles. The van der Waals surface area contributed by atoms with E-state index in [9.17, 15) is 8.42 Å². The Morgan fingerprint density at radius 1 is 1.35 bits per heavy atom. The molecular formula is C14H19BrClNO2S. The highest BCUT2D eigenvalue weighted by molar-refractivity contribution is 9.10. The molecule has 0 radical (unpaired) electrons. The fourth-order valence-corrected chi connectivity index (χ4v) is 4.41. The number of sulfonamides is 1. The van der Waals surface area contributed by atoms with Gasteiger partial charge in [0.05, 0.1) is 9.92 Å². The lowest BCUT2D eigenvalue weighted by atomic mass is 9.81. The van der Waals surface area contributed by atoms with Gasteiger partial charge in [-0.3, -0.25) is 0 Å². The highest BCUT2D eigenvalue weighted by Gasteiger charge is 2.23.